The maximum absolute atomic E-state index is 2.87. The molecule has 1 saturated heterocycles. The van der Waals surface area contributed by atoms with Crippen LogP contribution in [0.4, 0.5) is 0 Å². The van der Waals surface area contributed by atoms with Crippen molar-refractivity contribution in [3.63, 3.8) is 0 Å². The number of unbranched alkanes of at least 4 members (excludes halogenated alkanes) is 29. The summed E-state index contributed by atoms with van der Waals surface area (Å²) in [6.45, 7) is 20.0. The molecule has 0 amide bonds. The summed E-state index contributed by atoms with van der Waals surface area (Å²) in [5.74, 6) is 0. The molecule has 0 aromatic heterocycles. The summed E-state index contributed by atoms with van der Waals surface area (Å²) >= 11 is 0. The van der Waals surface area contributed by atoms with E-state index in [9.17, 15) is 0 Å². The first-order valence-corrected chi connectivity index (χ1v) is 23.9. The lowest BCUT2D eigenvalue weighted by Crippen LogP contribution is -2.40. The van der Waals surface area contributed by atoms with Crippen LogP contribution in [0.3, 0.4) is 0 Å². The van der Waals surface area contributed by atoms with E-state index in [0.717, 1.165) is 6.04 Å². The lowest BCUT2D eigenvalue weighted by molar-refractivity contribution is 0.179. The molecule has 50 heavy (non-hydrogen) atoms. The topological polar surface area (TPSA) is 9.72 Å². The molecule has 0 aromatic rings. The molecule has 1 atom stereocenters. The van der Waals surface area contributed by atoms with Gasteiger partial charge in [-0.2, -0.15) is 0 Å². The lowest BCUT2D eigenvalue weighted by atomic mass is 10.0. The summed E-state index contributed by atoms with van der Waals surface area (Å²) in [4.78, 5) is 8.53. The van der Waals surface area contributed by atoms with Gasteiger partial charge in [-0.05, 0) is 84.8 Å². The van der Waals surface area contributed by atoms with Crippen LogP contribution in [0.1, 0.15) is 246 Å². The highest BCUT2D eigenvalue weighted by molar-refractivity contribution is 4.77. The Labute approximate surface area is 318 Å². The molecule has 0 saturated carbocycles. The van der Waals surface area contributed by atoms with E-state index in [2.05, 4.69) is 42.4 Å². The largest absolute Gasteiger partial charge is 0.303 e. The number of hydrogen-bond acceptors (Lipinski definition) is 3. The van der Waals surface area contributed by atoms with E-state index in [4.69, 9.17) is 0 Å². The second-order valence-electron chi connectivity index (χ2n) is 17.0. The summed E-state index contributed by atoms with van der Waals surface area (Å²) in [5.41, 5.74) is 0. The van der Waals surface area contributed by atoms with E-state index in [1.54, 1.807) is 0 Å². The van der Waals surface area contributed by atoms with Crippen molar-refractivity contribution in [3.05, 3.63) is 0 Å². The molecule has 300 valence electrons. The molecular formula is C47H97N3. The first-order valence-electron chi connectivity index (χ1n) is 23.9. The van der Waals surface area contributed by atoms with Gasteiger partial charge in [-0.1, -0.05) is 207 Å². The quantitative estimate of drug-likeness (QED) is 0.0590. The molecule has 1 fully saturated rings. The first-order chi connectivity index (χ1) is 24.7. The predicted octanol–water partition coefficient (Wildman–Crippen LogP) is 14.6. The van der Waals surface area contributed by atoms with Crippen LogP contribution in [-0.2, 0) is 0 Å². The highest BCUT2D eigenvalue weighted by Crippen LogP contribution is 2.16. The van der Waals surface area contributed by atoms with E-state index in [0.29, 0.717) is 0 Å². The van der Waals surface area contributed by atoms with Crippen molar-refractivity contribution in [2.45, 2.75) is 252 Å². The number of rotatable bonds is 39. The average Bonchev–Trinajstić information content (AvgIpc) is 3.29. The smallest absolute Gasteiger partial charge is 0.0194 e. The molecule has 0 aliphatic carbocycles. The van der Waals surface area contributed by atoms with Crippen molar-refractivity contribution in [2.75, 3.05) is 52.4 Å². The van der Waals surface area contributed by atoms with E-state index in [1.807, 2.05) is 0 Å². The van der Waals surface area contributed by atoms with Gasteiger partial charge >= 0.3 is 0 Å². The standard InChI is InChI=1S/C47H97N3/c1-5-8-11-14-17-20-22-23-24-27-30-33-36-44-50-45-38-43-49(46-47(50)4)42-37-41-48(39-34-31-28-25-19-16-13-10-7-3)40-35-32-29-26-21-18-15-12-9-6-2/h47H,5-46H2,1-4H3. The van der Waals surface area contributed by atoms with Crippen molar-refractivity contribution >= 4 is 0 Å². The third-order valence-electron chi connectivity index (χ3n) is 12.0. The Morgan fingerprint density at radius 2 is 0.720 bits per heavy atom. The van der Waals surface area contributed by atoms with Gasteiger partial charge < -0.3 is 9.80 Å². The number of nitrogens with zero attached hydrogens (tertiary/aromatic N) is 3. The minimum Gasteiger partial charge on any atom is -0.303 e. The summed E-state index contributed by atoms with van der Waals surface area (Å²) < 4.78 is 0. The Morgan fingerprint density at radius 1 is 0.380 bits per heavy atom. The summed E-state index contributed by atoms with van der Waals surface area (Å²) in [5, 5.41) is 0. The normalized spacial score (nSPS) is 16.1. The van der Waals surface area contributed by atoms with Gasteiger partial charge in [0.1, 0.15) is 0 Å². The van der Waals surface area contributed by atoms with Gasteiger partial charge in [-0.15, -0.1) is 0 Å². The third-order valence-corrected chi connectivity index (χ3v) is 12.0. The van der Waals surface area contributed by atoms with Crippen LogP contribution < -0.4 is 0 Å². The maximum atomic E-state index is 2.87. The minimum atomic E-state index is 0.722. The molecule has 1 unspecified atom stereocenters. The Kier molecular flexibility index (Phi) is 37.0. The van der Waals surface area contributed by atoms with Crippen molar-refractivity contribution in [2.24, 2.45) is 0 Å². The molecule has 0 bridgehead atoms. The molecule has 0 N–H and O–H groups in total. The third kappa shape index (κ3) is 31.4. The molecule has 1 heterocycles. The fraction of sp³-hybridized carbons (Fsp3) is 1.00. The number of hydrogen-bond donors (Lipinski definition) is 0. The van der Waals surface area contributed by atoms with Crippen LogP contribution in [0.15, 0.2) is 0 Å². The molecule has 0 spiro atoms. The van der Waals surface area contributed by atoms with Gasteiger partial charge in [-0.25, -0.2) is 0 Å². The predicted molar refractivity (Wildman–Crippen MR) is 228 cm³/mol. The van der Waals surface area contributed by atoms with Gasteiger partial charge in [0.25, 0.3) is 0 Å². The van der Waals surface area contributed by atoms with Gasteiger partial charge in [0.15, 0.2) is 0 Å². The SMILES string of the molecule is CCCCCCCCCCCCCCCN1CCCN(CCCN(CCCCCCCCCCC)CCCCCCCCCCCC)CC1C. The lowest BCUT2D eigenvalue weighted by Gasteiger charge is -2.29. The molecule has 1 aliphatic heterocycles. The van der Waals surface area contributed by atoms with Crippen LogP contribution in [0.2, 0.25) is 0 Å². The highest BCUT2D eigenvalue weighted by atomic mass is 15.2. The molecule has 0 aromatic carbocycles. The molecular weight excluding hydrogens is 607 g/mol. The zero-order chi connectivity index (χ0) is 36.0. The van der Waals surface area contributed by atoms with Gasteiger partial charge in [0, 0.05) is 12.6 Å². The van der Waals surface area contributed by atoms with Crippen LogP contribution >= 0.6 is 0 Å². The maximum Gasteiger partial charge on any atom is 0.0194 e. The minimum absolute atomic E-state index is 0.722. The van der Waals surface area contributed by atoms with E-state index < -0.39 is 0 Å². The molecule has 3 heteroatoms. The fourth-order valence-corrected chi connectivity index (χ4v) is 8.49. The summed E-state index contributed by atoms with van der Waals surface area (Å²) in [6, 6.07) is 0.722. The van der Waals surface area contributed by atoms with Crippen molar-refractivity contribution < 1.29 is 0 Å². The van der Waals surface area contributed by atoms with Gasteiger partial charge in [0.05, 0.1) is 0 Å². The Balaban J connectivity index is 2.23. The van der Waals surface area contributed by atoms with E-state index in [1.165, 1.54) is 271 Å². The Hall–Kier alpha value is -0.120. The van der Waals surface area contributed by atoms with Gasteiger partial charge in [-0.3, -0.25) is 4.90 Å². The van der Waals surface area contributed by atoms with Crippen LogP contribution in [0, 0.1) is 0 Å². The average molecular weight is 704 g/mol. The highest BCUT2D eigenvalue weighted by Gasteiger charge is 2.21. The zero-order valence-electron chi connectivity index (χ0n) is 35.6. The van der Waals surface area contributed by atoms with E-state index in [-0.39, 0.29) is 0 Å². The first kappa shape index (κ1) is 47.9. The van der Waals surface area contributed by atoms with Crippen molar-refractivity contribution in [1.82, 2.24) is 14.7 Å². The second kappa shape index (κ2) is 38.6. The van der Waals surface area contributed by atoms with Crippen LogP contribution in [0.5, 0.6) is 0 Å². The van der Waals surface area contributed by atoms with Crippen molar-refractivity contribution in [1.29, 1.82) is 0 Å². The van der Waals surface area contributed by atoms with Crippen LogP contribution in [0.25, 0.3) is 0 Å². The molecule has 1 rings (SSSR count). The van der Waals surface area contributed by atoms with Gasteiger partial charge in [0.2, 0.25) is 0 Å². The summed E-state index contributed by atoms with van der Waals surface area (Å²) in [7, 11) is 0. The zero-order valence-corrected chi connectivity index (χ0v) is 35.6. The fourth-order valence-electron chi connectivity index (χ4n) is 8.49. The van der Waals surface area contributed by atoms with Crippen LogP contribution in [-0.4, -0.2) is 73.1 Å². The summed E-state index contributed by atoms with van der Waals surface area (Å²) in [6.07, 6.45) is 49.0. The molecule has 3 nitrogen and oxygen atoms in total. The molecule has 1 aliphatic rings. The molecule has 0 radical (unpaired) electrons. The monoisotopic (exact) mass is 704 g/mol. The Morgan fingerprint density at radius 3 is 1.12 bits per heavy atom. The van der Waals surface area contributed by atoms with E-state index >= 15 is 0 Å². The van der Waals surface area contributed by atoms with Crippen molar-refractivity contribution in [3.8, 4) is 0 Å². The second-order valence-corrected chi connectivity index (χ2v) is 17.0. The Bertz CT molecular complexity index is 638.